The summed E-state index contributed by atoms with van der Waals surface area (Å²) in [7, 11) is 0. The van der Waals surface area contributed by atoms with Crippen molar-refractivity contribution in [1.82, 2.24) is 19.5 Å². The number of hydrogen-bond donors (Lipinski definition) is 1. The van der Waals surface area contributed by atoms with Crippen LogP contribution in [0.15, 0.2) is 29.1 Å². The Bertz CT molecular complexity index is 968. The molecule has 0 spiro atoms. The molecule has 1 aliphatic heterocycles. The lowest BCUT2D eigenvalue weighted by molar-refractivity contribution is 0.657. The zero-order chi connectivity index (χ0) is 17.6. The first-order chi connectivity index (χ1) is 12.1. The first-order valence-corrected chi connectivity index (χ1v) is 8.89. The lowest BCUT2D eigenvalue weighted by atomic mass is 10.2. The van der Waals surface area contributed by atoms with Gasteiger partial charge in [0.05, 0.1) is 22.8 Å². The third kappa shape index (κ3) is 2.52. The van der Waals surface area contributed by atoms with E-state index in [9.17, 15) is 4.79 Å². The number of benzene rings is 1. The molecule has 1 N–H and O–H groups in total. The molecule has 0 amide bonds. The Morgan fingerprint density at radius 2 is 2.04 bits per heavy atom. The van der Waals surface area contributed by atoms with Crippen LogP contribution in [0, 0.1) is 13.8 Å². The SMILES string of the molecule is CCn1c(=O)c(N2CCCC2c2nc(C)c(C)[nH]2)nc2ccccc21. The summed E-state index contributed by atoms with van der Waals surface area (Å²) < 4.78 is 1.81. The molecule has 4 rings (SSSR count). The van der Waals surface area contributed by atoms with Gasteiger partial charge in [-0.05, 0) is 45.7 Å². The topological polar surface area (TPSA) is 66.8 Å². The predicted octanol–water partition coefficient (Wildman–Crippen LogP) is 3.10. The van der Waals surface area contributed by atoms with E-state index in [-0.39, 0.29) is 11.6 Å². The maximum atomic E-state index is 13.1. The van der Waals surface area contributed by atoms with E-state index in [1.165, 1.54) is 0 Å². The first kappa shape index (κ1) is 15.9. The van der Waals surface area contributed by atoms with Gasteiger partial charge in [-0.1, -0.05) is 12.1 Å². The van der Waals surface area contributed by atoms with Crippen LogP contribution in [0.1, 0.15) is 43.0 Å². The molecule has 1 fully saturated rings. The fraction of sp³-hybridized carbons (Fsp3) is 0.421. The van der Waals surface area contributed by atoms with Gasteiger partial charge in [0.2, 0.25) is 0 Å². The van der Waals surface area contributed by atoms with Crippen LogP contribution in [0.4, 0.5) is 5.82 Å². The molecule has 25 heavy (non-hydrogen) atoms. The van der Waals surface area contributed by atoms with Crippen LogP contribution in [0.5, 0.6) is 0 Å². The second-order valence-corrected chi connectivity index (χ2v) is 6.66. The van der Waals surface area contributed by atoms with E-state index in [1.54, 1.807) is 0 Å². The number of para-hydroxylation sites is 2. The fourth-order valence-corrected chi connectivity index (χ4v) is 3.72. The van der Waals surface area contributed by atoms with Crippen LogP contribution >= 0.6 is 0 Å². The highest BCUT2D eigenvalue weighted by Crippen LogP contribution is 2.33. The minimum Gasteiger partial charge on any atom is -0.344 e. The van der Waals surface area contributed by atoms with E-state index in [4.69, 9.17) is 4.98 Å². The lowest BCUT2D eigenvalue weighted by Crippen LogP contribution is -2.33. The maximum absolute atomic E-state index is 13.1. The van der Waals surface area contributed by atoms with E-state index in [0.29, 0.717) is 12.4 Å². The Morgan fingerprint density at radius 1 is 1.24 bits per heavy atom. The molecule has 130 valence electrons. The van der Waals surface area contributed by atoms with Crippen molar-refractivity contribution in [2.45, 2.75) is 46.2 Å². The van der Waals surface area contributed by atoms with Gasteiger partial charge in [0.15, 0.2) is 5.82 Å². The molecule has 0 saturated carbocycles. The monoisotopic (exact) mass is 337 g/mol. The molecule has 6 nitrogen and oxygen atoms in total. The Balaban J connectivity index is 1.85. The Labute approximate surface area is 146 Å². The van der Waals surface area contributed by atoms with Gasteiger partial charge < -0.3 is 14.5 Å². The van der Waals surface area contributed by atoms with E-state index >= 15 is 0 Å². The van der Waals surface area contributed by atoms with Crippen molar-refractivity contribution in [3.8, 4) is 0 Å². The molecule has 0 radical (unpaired) electrons. The number of hydrogen-bond acceptors (Lipinski definition) is 4. The van der Waals surface area contributed by atoms with Crippen molar-refractivity contribution in [3.05, 3.63) is 51.8 Å². The second kappa shape index (κ2) is 6.02. The van der Waals surface area contributed by atoms with Crippen molar-refractivity contribution in [1.29, 1.82) is 0 Å². The summed E-state index contributed by atoms with van der Waals surface area (Å²) in [5.74, 6) is 1.47. The molecular weight excluding hydrogens is 314 g/mol. The number of aromatic nitrogens is 4. The number of aromatic amines is 1. The summed E-state index contributed by atoms with van der Waals surface area (Å²) in [6, 6.07) is 7.92. The van der Waals surface area contributed by atoms with Gasteiger partial charge in [0, 0.05) is 18.8 Å². The summed E-state index contributed by atoms with van der Waals surface area (Å²) in [6.07, 6.45) is 2.01. The summed E-state index contributed by atoms with van der Waals surface area (Å²) in [4.78, 5) is 28.0. The summed E-state index contributed by atoms with van der Waals surface area (Å²) >= 11 is 0. The number of nitrogens with one attached hydrogen (secondary N) is 1. The predicted molar refractivity (Wildman–Crippen MR) is 99.1 cm³/mol. The zero-order valence-corrected chi connectivity index (χ0v) is 14.9. The maximum Gasteiger partial charge on any atom is 0.294 e. The Kier molecular flexibility index (Phi) is 3.82. The highest BCUT2D eigenvalue weighted by Gasteiger charge is 2.32. The van der Waals surface area contributed by atoms with Crippen LogP contribution in [-0.2, 0) is 6.54 Å². The number of nitrogens with zero attached hydrogens (tertiary/aromatic N) is 4. The van der Waals surface area contributed by atoms with Gasteiger partial charge in [-0.2, -0.15) is 0 Å². The number of fused-ring (bicyclic) bond motifs is 1. The standard InChI is InChI=1S/C19H23N5O/c1-4-23-15-9-6-5-8-14(15)22-18(19(23)25)24-11-7-10-16(24)17-20-12(2)13(3)21-17/h5-6,8-9,16H,4,7,10-11H2,1-3H3,(H,20,21). The van der Waals surface area contributed by atoms with Gasteiger partial charge in [0.1, 0.15) is 5.82 Å². The number of rotatable bonds is 3. The molecule has 6 heteroatoms. The van der Waals surface area contributed by atoms with E-state index in [1.807, 2.05) is 49.6 Å². The van der Waals surface area contributed by atoms with Crippen LogP contribution < -0.4 is 10.5 Å². The summed E-state index contributed by atoms with van der Waals surface area (Å²) in [5, 5.41) is 0. The molecule has 0 aliphatic carbocycles. The minimum absolute atomic E-state index is 0.0203. The molecular formula is C19H23N5O. The van der Waals surface area contributed by atoms with Crippen molar-refractivity contribution >= 4 is 16.9 Å². The fourth-order valence-electron chi connectivity index (χ4n) is 3.72. The molecule has 1 aliphatic rings. The van der Waals surface area contributed by atoms with Crippen molar-refractivity contribution in [2.75, 3.05) is 11.4 Å². The number of H-pyrrole nitrogens is 1. The van der Waals surface area contributed by atoms with Gasteiger partial charge >= 0.3 is 0 Å². The molecule has 3 aromatic rings. The molecule has 1 atom stereocenters. The summed E-state index contributed by atoms with van der Waals surface area (Å²) in [5.41, 5.74) is 3.82. The van der Waals surface area contributed by atoms with E-state index in [2.05, 4.69) is 14.9 Å². The average molecular weight is 337 g/mol. The molecule has 1 aromatic carbocycles. The average Bonchev–Trinajstić information content (AvgIpc) is 3.21. The molecule has 1 saturated heterocycles. The number of imidazole rings is 1. The van der Waals surface area contributed by atoms with Crippen molar-refractivity contribution < 1.29 is 0 Å². The van der Waals surface area contributed by atoms with Crippen LogP contribution in [0.2, 0.25) is 0 Å². The molecule has 2 aromatic heterocycles. The minimum atomic E-state index is -0.0203. The molecule has 1 unspecified atom stereocenters. The van der Waals surface area contributed by atoms with Crippen LogP contribution in [-0.4, -0.2) is 26.1 Å². The van der Waals surface area contributed by atoms with Crippen molar-refractivity contribution in [2.24, 2.45) is 0 Å². The van der Waals surface area contributed by atoms with Crippen LogP contribution in [0.3, 0.4) is 0 Å². The zero-order valence-electron chi connectivity index (χ0n) is 14.9. The lowest BCUT2D eigenvalue weighted by Gasteiger charge is -2.24. The quantitative estimate of drug-likeness (QED) is 0.797. The Hall–Kier alpha value is -2.63. The number of aryl methyl sites for hydroxylation is 3. The van der Waals surface area contributed by atoms with E-state index in [0.717, 1.165) is 47.6 Å². The number of anilines is 1. The first-order valence-electron chi connectivity index (χ1n) is 8.89. The van der Waals surface area contributed by atoms with Gasteiger partial charge in [-0.15, -0.1) is 0 Å². The van der Waals surface area contributed by atoms with Gasteiger partial charge in [0.25, 0.3) is 5.56 Å². The summed E-state index contributed by atoms with van der Waals surface area (Å²) in [6.45, 7) is 7.49. The third-order valence-corrected chi connectivity index (χ3v) is 5.14. The highest BCUT2D eigenvalue weighted by molar-refractivity contribution is 5.76. The normalized spacial score (nSPS) is 17.6. The largest absolute Gasteiger partial charge is 0.344 e. The van der Waals surface area contributed by atoms with Gasteiger partial charge in [-0.3, -0.25) is 4.79 Å². The molecule has 0 bridgehead atoms. The third-order valence-electron chi connectivity index (χ3n) is 5.14. The van der Waals surface area contributed by atoms with Gasteiger partial charge in [-0.25, -0.2) is 9.97 Å². The smallest absolute Gasteiger partial charge is 0.294 e. The highest BCUT2D eigenvalue weighted by atomic mass is 16.1. The van der Waals surface area contributed by atoms with E-state index < -0.39 is 0 Å². The molecule has 3 heterocycles. The second-order valence-electron chi connectivity index (χ2n) is 6.66. The van der Waals surface area contributed by atoms with Crippen LogP contribution in [0.25, 0.3) is 11.0 Å². The van der Waals surface area contributed by atoms with Crippen molar-refractivity contribution in [3.63, 3.8) is 0 Å². The Morgan fingerprint density at radius 3 is 2.76 bits per heavy atom.